The van der Waals surface area contributed by atoms with E-state index >= 15 is 0 Å². The van der Waals surface area contributed by atoms with Gasteiger partial charge in [0.1, 0.15) is 0 Å². The second-order valence-electron chi connectivity index (χ2n) is 6.56. The number of carbonyl (C=O) groups excluding carboxylic acids is 1. The highest BCUT2D eigenvalue weighted by Crippen LogP contribution is 2.26. The number of fused-ring (bicyclic) bond motifs is 1. The van der Waals surface area contributed by atoms with E-state index < -0.39 is 11.4 Å². The van der Waals surface area contributed by atoms with Crippen molar-refractivity contribution >= 4 is 11.9 Å². The van der Waals surface area contributed by atoms with Gasteiger partial charge in [-0.15, -0.1) is 0 Å². The fraction of sp³-hybridized carbons (Fsp3) is 0.529. The minimum absolute atomic E-state index is 0.0206. The van der Waals surface area contributed by atoms with Crippen molar-refractivity contribution in [1.29, 1.82) is 0 Å². The van der Waals surface area contributed by atoms with Gasteiger partial charge >= 0.3 is 5.97 Å². The third kappa shape index (κ3) is 4.31. The highest BCUT2D eigenvalue weighted by atomic mass is 16.4. The van der Waals surface area contributed by atoms with Crippen LogP contribution in [0.2, 0.25) is 0 Å². The lowest BCUT2D eigenvalue weighted by atomic mass is 9.85. The van der Waals surface area contributed by atoms with Gasteiger partial charge in [0.25, 0.3) is 0 Å². The summed E-state index contributed by atoms with van der Waals surface area (Å²) in [7, 11) is 0. The predicted octanol–water partition coefficient (Wildman–Crippen LogP) is 2.50. The Hall–Kier alpha value is -1.84. The molecule has 0 saturated carbocycles. The van der Waals surface area contributed by atoms with Crippen molar-refractivity contribution in [1.82, 2.24) is 4.90 Å². The van der Waals surface area contributed by atoms with Gasteiger partial charge in [0.05, 0.1) is 6.42 Å². The molecule has 0 saturated heterocycles. The number of amides is 1. The summed E-state index contributed by atoms with van der Waals surface area (Å²) in [6, 6.07) is 8.31. The quantitative estimate of drug-likeness (QED) is 0.926. The van der Waals surface area contributed by atoms with Gasteiger partial charge in [-0.25, -0.2) is 0 Å². The van der Waals surface area contributed by atoms with Crippen LogP contribution >= 0.6 is 0 Å². The van der Waals surface area contributed by atoms with Crippen LogP contribution in [0.4, 0.5) is 0 Å². The second kappa shape index (κ2) is 6.29. The van der Waals surface area contributed by atoms with Crippen molar-refractivity contribution in [2.75, 3.05) is 13.1 Å². The van der Waals surface area contributed by atoms with Crippen LogP contribution in [0.1, 0.15) is 37.8 Å². The number of carboxylic acid groups (broad SMARTS) is 1. The molecule has 0 bridgehead atoms. The summed E-state index contributed by atoms with van der Waals surface area (Å²) in [5.74, 6) is -0.787. The molecule has 0 radical (unpaired) electrons. The first-order chi connectivity index (χ1) is 9.87. The van der Waals surface area contributed by atoms with E-state index in [-0.39, 0.29) is 18.7 Å². The Morgan fingerprint density at radius 2 is 1.62 bits per heavy atom. The molecular formula is C17H23NO3. The molecular weight excluding hydrogens is 266 g/mol. The maximum absolute atomic E-state index is 12.4. The monoisotopic (exact) mass is 289 g/mol. The number of carbonyl (C=O) groups is 2. The third-order valence-electron chi connectivity index (χ3n) is 4.03. The van der Waals surface area contributed by atoms with Gasteiger partial charge in [0, 0.05) is 19.5 Å². The first-order valence-electron chi connectivity index (χ1n) is 7.44. The number of aliphatic carboxylic acids is 1. The summed E-state index contributed by atoms with van der Waals surface area (Å²) in [5, 5.41) is 8.91. The molecule has 114 valence electrons. The maximum Gasteiger partial charge on any atom is 0.303 e. The van der Waals surface area contributed by atoms with Crippen LogP contribution in [0.5, 0.6) is 0 Å². The molecule has 1 aromatic carbocycles. The lowest BCUT2D eigenvalue weighted by molar-refractivity contribution is -0.140. The Bertz CT molecular complexity index is 510. The summed E-state index contributed by atoms with van der Waals surface area (Å²) < 4.78 is 0. The normalized spacial score (nSPS) is 15.2. The summed E-state index contributed by atoms with van der Waals surface area (Å²) in [5.41, 5.74) is 2.14. The van der Waals surface area contributed by atoms with E-state index in [1.54, 1.807) is 0 Å². The van der Waals surface area contributed by atoms with Gasteiger partial charge in [0.2, 0.25) is 5.91 Å². The number of hydrogen-bond acceptors (Lipinski definition) is 2. The van der Waals surface area contributed by atoms with E-state index in [1.807, 2.05) is 30.9 Å². The minimum Gasteiger partial charge on any atom is -0.481 e. The minimum atomic E-state index is -0.851. The zero-order valence-electron chi connectivity index (χ0n) is 12.8. The fourth-order valence-corrected chi connectivity index (χ4v) is 2.91. The van der Waals surface area contributed by atoms with Gasteiger partial charge in [-0.3, -0.25) is 9.59 Å². The summed E-state index contributed by atoms with van der Waals surface area (Å²) in [6.07, 6.45) is 2.06. The molecule has 4 nitrogen and oxygen atoms in total. The molecule has 0 atom stereocenters. The van der Waals surface area contributed by atoms with Crippen LogP contribution in [0, 0.1) is 5.41 Å². The van der Waals surface area contributed by atoms with Gasteiger partial charge in [-0.2, -0.15) is 0 Å². The Labute approximate surface area is 125 Å². The van der Waals surface area contributed by atoms with E-state index in [0.717, 1.165) is 25.9 Å². The predicted molar refractivity (Wildman–Crippen MR) is 81.1 cm³/mol. The van der Waals surface area contributed by atoms with Crippen molar-refractivity contribution in [3.8, 4) is 0 Å². The molecule has 1 N–H and O–H groups in total. The molecule has 1 amide bonds. The van der Waals surface area contributed by atoms with Crippen molar-refractivity contribution in [3.05, 3.63) is 35.4 Å². The molecule has 1 aliphatic heterocycles. The first-order valence-corrected chi connectivity index (χ1v) is 7.44. The van der Waals surface area contributed by atoms with Crippen LogP contribution in [0.15, 0.2) is 24.3 Å². The molecule has 0 spiro atoms. The number of carboxylic acids is 1. The van der Waals surface area contributed by atoms with Crippen molar-refractivity contribution in [3.63, 3.8) is 0 Å². The third-order valence-corrected chi connectivity index (χ3v) is 4.03. The molecule has 0 aromatic heterocycles. The average Bonchev–Trinajstić information content (AvgIpc) is 2.58. The summed E-state index contributed by atoms with van der Waals surface area (Å²) in [6.45, 7) is 5.12. The molecule has 2 rings (SSSR count). The van der Waals surface area contributed by atoms with Crippen LogP contribution in [-0.4, -0.2) is 35.0 Å². The zero-order valence-corrected chi connectivity index (χ0v) is 12.8. The highest BCUT2D eigenvalue weighted by Gasteiger charge is 2.28. The summed E-state index contributed by atoms with van der Waals surface area (Å²) in [4.78, 5) is 25.2. The molecule has 0 fully saturated rings. The molecule has 21 heavy (non-hydrogen) atoms. The molecule has 0 unspecified atom stereocenters. The maximum atomic E-state index is 12.4. The topological polar surface area (TPSA) is 57.6 Å². The van der Waals surface area contributed by atoms with E-state index in [1.165, 1.54) is 11.1 Å². The van der Waals surface area contributed by atoms with Crippen LogP contribution < -0.4 is 0 Å². The molecule has 1 aromatic rings. The van der Waals surface area contributed by atoms with E-state index in [4.69, 9.17) is 5.11 Å². The Morgan fingerprint density at radius 3 is 2.10 bits per heavy atom. The Kier molecular flexibility index (Phi) is 4.66. The molecule has 1 aliphatic rings. The van der Waals surface area contributed by atoms with E-state index in [9.17, 15) is 9.59 Å². The SMILES string of the molecule is CC(C)(CC(=O)O)CC(=O)N1CCc2ccccc2CC1. The van der Waals surface area contributed by atoms with E-state index in [2.05, 4.69) is 12.1 Å². The van der Waals surface area contributed by atoms with Gasteiger partial charge < -0.3 is 10.0 Å². The largest absolute Gasteiger partial charge is 0.481 e. The average molecular weight is 289 g/mol. The van der Waals surface area contributed by atoms with Gasteiger partial charge in [-0.1, -0.05) is 38.1 Å². The second-order valence-corrected chi connectivity index (χ2v) is 6.56. The van der Waals surface area contributed by atoms with Crippen molar-refractivity contribution in [2.24, 2.45) is 5.41 Å². The number of nitrogens with zero attached hydrogens (tertiary/aromatic N) is 1. The van der Waals surface area contributed by atoms with Crippen LogP contribution in [-0.2, 0) is 22.4 Å². The smallest absolute Gasteiger partial charge is 0.303 e. The van der Waals surface area contributed by atoms with Crippen molar-refractivity contribution < 1.29 is 14.7 Å². The molecule has 4 heteroatoms. The summed E-state index contributed by atoms with van der Waals surface area (Å²) >= 11 is 0. The molecule has 1 heterocycles. The van der Waals surface area contributed by atoms with Crippen molar-refractivity contribution in [2.45, 2.75) is 39.5 Å². The van der Waals surface area contributed by atoms with Crippen LogP contribution in [0.25, 0.3) is 0 Å². The Morgan fingerprint density at radius 1 is 1.10 bits per heavy atom. The Balaban J connectivity index is 1.97. The van der Waals surface area contributed by atoms with Gasteiger partial charge in [-0.05, 0) is 29.4 Å². The van der Waals surface area contributed by atoms with Crippen LogP contribution in [0.3, 0.4) is 0 Å². The zero-order chi connectivity index (χ0) is 15.5. The number of hydrogen-bond donors (Lipinski definition) is 1. The highest BCUT2D eigenvalue weighted by molar-refractivity contribution is 5.78. The molecule has 0 aliphatic carbocycles. The standard InChI is InChI=1S/C17H23NO3/c1-17(2,12-16(20)21)11-15(19)18-9-7-13-5-3-4-6-14(13)8-10-18/h3-6H,7-12H2,1-2H3,(H,20,21). The lowest BCUT2D eigenvalue weighted by Gasteiger charge is -2.27. The fourth-order valence-electron chi connectivity index (χ4n) is 2.91. The van der Waals surface area contributed by atoms with Gasteiger partial charge in [0.15, 0.2) is 0 Å². The number of rotatable bonds is 4. The first kappa shape index (κ1) is 15.5. The van der Waals surface area contributed by atoms with E-state index in [0.29, 0.717) is 0 Å². The number of benzene rings is 1. The lowest BCUT2D eigenvalue weighted by Crippen LogP contribution is -2.36.